The fourth-order valence-corrected chi connectivity index (χ4v) is 0.684. The molecule has 0 unspecified atom stereocenters. The molecule has 0 rings (SSSR count). The quantitative estimate of drug-likeness (QED) is 0.530. The second kappa shape index (κ2) is 5.87. The number of carboxylic acids is 3. The van der Waals surface area contributed by atoms with Gasteiger partial charge in [0.05, 0.1) is 5.97 Å². The maximum atomic E-state index is 10.1. The third-order valence-electron chi connectivity index (χ3n) is 1.25. The maximum absolute atomic E-state index is 10.1. The van der Waals surface area contributed by atoms with Crippen molar-refractivity contribution >= 4 is 17.9 Å². The van der Waals surface area contributed by atoms with E-state index in [1.807, 2.05) is 0 Å². The zero-order chi connectivity index (χ0) is 10.6. The van der Waals surface area contributed by atoms with Crippen LogP contribution in [0.2, 0.25) is 0 Å². The van der Waals surface area contributed by atoms with Gasteiger partial charge in [-0.15, -0.1) is 0 Å². The first-order valence-electron chi connectivity index (χ1n) is 3.11. The maximum Gasteiger partial charge on any atom is 3.00 e. The predicted octanol–water partition coefficient (Wildman–Crippen LogP) is -5.26. The van der Waals surface area contributed by atoms with Crippen LogP contribution in [0.3, 0.4) is 0 Å². The number of hydrogen-bond donors (Lipinski definition) is 1. The molecule has 0 saturated carbocycles. The minimum absolute atomic E-state index is 0. The van der Waals surface area contributed by atoms with Gasteiger partial charge >= 0.3 is 26.2 Å². The SMILES string of the molecule is O=C([O-])CC(O)(CC(=O)[O-])C(=O)[O-].[Zr+3]. The summed E-state index contributed by atoms with van der Waals surface area (Å²) in [6.45, 7) is 0. The van der Waals surface area contributed by atoms with Crippen molar-refractivity contribution in [2.24, 2.45) is 0 Å². The van der Waals surface area contributed by atoms with Crippen molar-refractivity contribution in [1.82, 2.24) is 0 Å². The van der Waals surface area contributed by atoms with E-state index in [1.165, 1.54) is 0 Å². The van der Waals surface area contributed by atoms with Crippen molar-refractivity contribution in [2.75, 3.05) is 0 Å². The molecule has 14 heavy (non-hydrogen) atoms. The smallest absolute Gasteiger partial charge is 0.550 e. The largest absolute Gasteiger partial charge is 3.00 e. The number of carboxylic acid groups (broad SMARTS) is 3. The van der Waals surface area contributed by atoms with Crippen molar-refractivity contribution in [1.29, 1.82) is 0 Å². The van der Waals surface area contributed by atoms with Gasteiger partial charge in [-0.25, -0.2) is 0 Å². The van der Waals surface area contributed by atoms with Crippen molar-refractivity contribution in [2.45, 2.75) is 18.4 Å². The third-order valence-corrected chi connectivity index (χ3v) is 1.25. The van der Waals surface area contributed by atoms with Crippen LogP contribution in [0, 0.1) is 0 Å². The van der Waals surface area contributed by atoms with Crippen LogP contribution in [0.4, 0.5) is 0 Å². The summed E-state index contributed by atoms with van der Waals surface area (Å²) in [7, 11) is 0. The molecule has 0 aromatic rings. The van der Waals surface area contributed by atoms with E-state index in [-0.39, 0.29) is 26.2 Å². The summed E-state index contributed by atoms with van der Waals surface area (Å²) in [6.07, 6.45) is -2.72. The number of rotatable bonds is 5. The van der Waals surface area contributed by atoms with E-state index in [0.717, 1.165) is 0 Å². The zero-order valence-corrected chi connectivity index (χ0v) is 9.27. The van der Waals surface area contributed by atoms with Crippen LogP contribution >= 0.6 is 0 Å². The van der Waals surface area contributed by atoms with Gasteiger partial charge in [0, 0.05) is 24.8 Å². The van der Waals surface area contributed by atoms with E-state index in [0.29, 0.717) is 0 Å². The standard InChI is InChI=1S/C6H8O7.Zr/c7-3(8)1-6(13,5(11)12)2-4(9)10;/h13H,1-2H2,(H,7,8)(H,9,10)(H,11,12);/q;+3/p-3. The topological polar surface area (TPSA) is 141 Å². The molecule has 8 heteroatoms. The van der Waals surface area contributed by atoms with Gasteiger partial charge in [-0.1, -0.05) is 0 Å². The van der Waals surface area contributed by atoms with Crippen LogP contribution < -0.4 is 15.3 Å². The van der Waals surface area contributed by atoms with E-state index < -0.39 is 36.4 Å². The molecule has 0 saturated heterocycles. The van der Waals surface area contributed by atoms with Crippen LogP contribution in [0.1, 0.15) is 12.8 Å². The molecule has 0 spiro atoms. The molecule has 0 aliphatic rings. The van der Waals surface area contributed by atoms with E-state index in [9.17, 15) is 29.7 Å². The Labute approximate surface area is 97.5 Å². The van der Waals surface area contributed by atoms with Crippen LogP contribution in [-0.4, -0.2) is 28.6 Å². The molecule has 0 aromatic carbocycles. The minimum atomic E-state index is -2.97. The van der Waals surface area contributed by atoms with E-state index in [4.69, 9.17) is 5.11 Å². The van der Waals surface area contributed by atoms with Gasteiger partial charge in [-0.05, 0) is 0 Å². The summed E-state index contributed by atoms with van der Waals surface area (Å²) in [5, 5.41) is 38.9. The summed E-state index contributed by atoms with van der Waals surface area (Å²) < 4.78 is 0. The Morgan fingerprint density at radius 3 is 1.43 bits per heavy atom. The van der Waals surface area contributed by atoms with E-state index in [1.54, 1.807) is 0 Å². The predicted molar refractivity (Wildman–Crippen MR) is 29.2 cm³/mol. The molecular formula is C6H5O7Zr. The van der Waals surface area contributed by atoms with Crippen LogP contribution in [0.15, 0.2) is 0 Å². The normalized spacial score (nSPS) is 10.1. The molecule has 0 fully saturated rings. The summed E-state index contributed by atoms with van der Waals surface area (Å²) >= 11 is 0. The Balaban J connectivity index is 0. The Hall–Kier alpha value is -0.747. The molecule has 0 atom stereocenters. The first-order valence-corrected chi connectivity index (χ1v) is 3.11. The fourth-order valence-electron chi connectivity index (χ4n) is 0.684. The molecule has 0 bridgehead atoms. The molecule has 1 N–H and O–H groups in total. The second-order valence-electron chi connectivity index (χ2n) is 2.42. The molecule has 1 radical (unpaired) electrons. The molecule has 0 heterocycles. The van der Waals surface area contributed by atoms with Gasteiger partial charge in [0.25, 0.3) is 0 Å². The van der Waals surface area contributed by atoms with Crippen molar-refractivity contribution in [3.63, 3.8) is 0 Å². The average Bonchev–Trinajstić information content (AvgIpc) is 1.82. The number of hydrogen-bond acceptors (Lipinski definition) is 7. The average molecular weight is 280 g/mol. The molecule has 7 nitrogen and oxygen atoms in total. The summed E-state index contributed by atoms with van der Waals surface area (Å²) in [6, 6.07) is 0. The van der Waals surface area contributed by atoms with Crippen LogP contribution in [0.25, 0.3) is 0 Å². The van der Waals surface area contributed by atoms with E-state index in [2.05, 4.69) is 0 Å². The molecule has 0 amide bonds. The fraction of sp³-hybridized carbons (Fsp3) is 0.500. The molecular weight excluding hydrogens is 275 g/mol. The van der Waals surface area contributed by atoms with Crippen LogP contribution in [-0.2, 0) is 40.6 Å². The zero-order valence-electron chi connectivity index (χ0n) is 6.81. The van der Waals surface area contributed by atoms with Gasteiger partial charge in [0.15, 0.2) is 0 Å². The second-order valence-corrected chi connectivity index (χ2v) is 2.42. The molecule has 0 aromatic heterocycles. The van der Waals surface area contributed by atoms with Gasteiger partial charge in [0.2, 0.25) is 0 Å². The molecule has 75 valence electrons. The van der Waals surface area contributed by atoms with Gasteiger partial charge in [-0.2, -0.15) is 0 Å². The summed E-state index contributed by atoms with van der Waals surface area (Å²) in [4.78, 5) is 30.0. The van der Waals surface area contributed by atoms with Crippen molar-refractivity contribution in [3.05, 3.63) is 0 Å². The Kier molecular flexibility index (Phi) is 6.59. The molecule has 0 aliphatic heterocycles. The van der Waals surface area contributed by atoms with Crippen molar-refractivity contribution < 1.29 is 61.0 Å². The monoisotopic (exact) mass is 279 g/mol. The van der Waals surface area contributed by atoms with Gasteiger partial charge in [0.1, 0.15) is 5.60 Å². The summed E-state index contributed by atoms with van der Waals surface area (Å²) in [5.41, 5.74) is -2.97. The van der Waals surface area contributed by atoms with Crippen molar-refractivity contribution in [3.8, 4) is 0 Å². The Morgan fingerprint density at radius 2 is 1.29 bits per heavy atom. The number of aliphatic carboxylic acids is 3. The Bertz CT molecular complexity index is 233. The van der Waals surface area contributed by atoms with Gasteiger partial charge < -0.3 is 34.8 Å². The first-order chi connectivity index (χ1) is 5.78. The number of carbonyl (C=O) groups is 3. The van der Waals surface area contributed by atoms with E-state index >= 15 is 0 Å². The number of carbonyl (C=O) groups excluding carboxylic acids is 3. The van der Waals surface area contributed by atoms with Crippen LogP contribution in [0.5, 0.6) is 0 Å². The minimum Gasteiger partial charge on any atom is -0.550 e. The summed E-state index contributed by atoms with van der Waals surface area (Å²) in [5.74, 6) is -5.98. The third kappa shape index (κ3) is 5.08. The number of aliphatic hydroxyl groups is 1. The van der Waals surface area contributed by atoms with Gasteiger partial charge in [-0.3, -0.25) is 0 Å². The Morgan fingerprint density at radius 1 is 1.00 bits per heavy atom. The molecule has 0 aliphatic carbocycles. The first kappa shape index (κ1) is 15.7.